The Hall–Kier alpha value is -1.46. The first-order chi connectivity index (χ1) is 9.16. The SMILES string of the molecule is O=C(CC1CCCN1)NCC(O)c1ccccc1F. The van der Waals surface area contributed by atoms with Crippen molar-refractivity contribution >= 4 is 5.91 Å². The fourth-order valence-electron chi connectivity index (χ4n) is 2.29. The van der Waals surface area contributed by atoms with Gasteiger partial charge in [-0.1, -0.05) is 18.2 Å². The van der Waals surface area contributed by atoms with Gasteiger partial charge < -0.3 is 15.7 Å². The molecule has 1 aromatic carbocycles. The lowest BCUT2D eigenvalue weighted by molar-refractivity contribution is -0.122. The zero-order chi connectivity index (χ0) is 13.7. The predicted octanol–water partition coefficient (Wildman–Crippen LogP) is 1.12. The second-order valence-electron chi connectivity index (χ2n) is 4.84. The number of carbonyl (C=O) groups excluding carboxylic acids is 1. The van der Waals surface area contributed by atoms with Crippen molar-refractivity contribution < 1.29 is 14.3 Å². The summed E-state index contributed by atoms with van der Waals surface area (Å²) in [5.74, 6) is -0.573. The third-order valence-corrected chi connectivity index (χ3v) is 3.35. The van der Waals surface area contributed by atoms with Crippen LogP contribution in [-0.4, -0.2) is 30.1 Å². The largest absolute Gasteiger partial charge is 0.386 e. The molecule has 1 heterocycles. The minimum absolute atomic E-state index is 0.0342. The zero-order valence-electron chi connectivity index (χ0n) is 10.7. The van der Waals surface area contributed by atoms with Crippen LogP contribution >= 0.6 is 0 Å². The molecule has 0 aliphatic carbocycles. The second kappa shape index (κ2) is 6.63. The van der Waals surface area contributed by atoms with Crippen LogP contribution < -0.4 is 10.6 Å². The van der Waals surface area contributed by atoms with Crippen LogP contribution in [0.3, 0.4) is 0 Å². The van der Waals surface area contributed by atoms with Crippen molar-refractivity contribution in [1.29, 1.82) is 0 Å². The van der Waals surface area contributed by atoms with E-state index in [0.717, 1.165) is 19.4 Å². The maximum Gasteiger partial charge on any atom is 0.221 e. The molecule has 0 spiro atoms. The van der Waals surface area contributed by atoms with E-state index in [1.165, 1.54) is 12.1 Å². The first-order valence-electron chi connectivity index (χ1n) is 6.59. The second-order valence-corrected chi connectivity index (χ2v) is 4.84. The Bertz CT molecular complexity index is 433. The molecule has 2 unspecified atom stereocenters. The highest BCUT2D eigenvalue weighted by atomic mass is 19.1. The van der Waals surface area contributed by atoms with Crippen molar-refractivity contribution in [3.8, 4) is 0 Å². The molecule has 1 fully saturated rings. The van der Waals surface area contributed by atoms with Gasteiger partial charge in [0.05, 0.1) is 6.10 Å². The number of carbonyl (C=O) groups is 1. The lowest BCUT2D eigenvalue weighted by Gasteiger charge is -2.14. The molecule has 1 amide bonds. The van der Waals surface area contributed by atoms with Gasteiger partial charge in [-0.3, -0.25) is 4.79 Å². The molecule has 1 saturated heterocycles. The Morgan fingerprint density at radius 2 is 2.32 bits per heavy atom. The van der Waals surface area contributed by atoms with Crippen LogP contribution in [0.1, 0.15) is 30.9 Å². The number of halogens is 1. The molecule has 104 valence electrons. The maximum absolute atomic E-state index is 13.4. The minimum Gasteiger partial charge on any atom is -0.386 e. The van der Waals surface area contributed by atoms with Gasteiger partial charge in [0.25, 0.3) is 0 Å². The average Bonchev–Trinajstić information content (AvgIpc) is 2.89. The summed E-state index contributed by atoms with van der Waals surface area (Å²) >= 11 is 0. The fraction of sp³-hybridized carbons (Fsp3) is 0.500. The van der Waals surface area contributed by atoms with Gasteiger partial charge >= 0.3 is 0 Å². The van der Waals surface area contributed by atoms with E-state index in [1.807, 2.05) is 0 Å². The van der Waals surface area contributed by atoms with Gasteiger partial charge in [0.15, 0.2) is 0 Å². The van der Waals surface area contributed by atoms with Crippen LogP contribution in [-0.2, 0) is 4.79 Å². The molecule has 1 aliphatic rings. The van der Waals surface area contributed by atoms with Gasteiger partial charge in [-0.05, 0) is 25.5 Å². The Kier molecular flexibility index (Phi) is 4.87. The summed E-state index contributed by atoms with van der Waals surface area (Å²) in [4.78, 5) is 11.7. The van der Waals surface area contributed by atoms with E-state index in [4.69, 9.17) is 0 Å². The first kappa shape index (κ1) is 14.0. The van der Waals surface area contributed by atoms with E-state index in [-0.39, 0.29) is 24.1 Å². The molecule has 2 atom stereocenters. The predicted molar refractivity (Wildman–Crippen MR) is 70.0 cm³/mol. The summed E-state index contributed by atoms with van der Waals surface area (Å²) in [6.45, 7) is 0.988. The molecule has 0 radical (unpaired) electrons. The lowest BCUT2D eigenvalue weighted by Crippen LogP contribution is -2.34. The molecule has 1 aliphatic heterocycles. The third kappa shape index (κ3) is 4.01. The lowest BCUT2D eigenvalue weighted by atomic mass is 10.1. The van der Waals surface area contributed by atoms with Crippen molar-refractivity contribution in [2.45, 2.75) is 31.4 Å². The molecule has 19 heavy (non-hydrogen) atoms. The molecule has 0 bridgehead atoms. The van der Waals surface area contributed by atoms with Crippen LogP contribution in [0.2, 0.25) is 0 Å². The standard InChI is InChI=1S/C14H19FN2O2/c15-12-6-2-1-5-11(12)13(18)9-17-14(19)8-10-4-3-7-16-10/h1-2,5-6,10,13,16,18H,3-4,7-9H2,(H,17,19). The van der Waals surface area contributed by atoms with E-state index in [0.29, 0.717) is 6.42 Å². The van der Waals surface area contributed by atoms with Gasteiger partial charge in [0.1, 0.15) is 5.82 Å². The van der Waals surface area contributed by atoms with Crippen molar-refractivity contribution in [2.24, 2.45) is 0 Å². The van der Waals surface area contributed by atoms with Crippen molar-refractivity contribution in [1.82, 2.24) is 10.6 Å². The molecule has 2 rings (SSSR count). The monoisotopic (exact) mass is 266 g/mol. The van der Waals surface area contributed by atoms with Crippen molar-refractivity contribution in [3.63, 3.8) is 0 Å². The van der Waals surface area contributed by atoms with Gasteiger partial charge in [0.2, 0.25) is 5.91 Å². The Labute approximate surface area is 112 Å². The normalized spacial score (nSPS) is 20.2. The van der Waals surface area contributed by atoms with Crippen LogP contribution in [0.5, 0.6) is 0 Å². The highest BCUT2D eigenvalue weighted by Crippen LogP contribution is 2.15. The summed E-state index contributed by atoms with van der Waals surface area (Å²) in [5.41, 5.74) is 0.210. The van der Waals surface area contributed by atoms with Gasteiger partial charge in [-0.2, -0.15) is 0 Å². The van der Waals surface area contributed by atoms with Crippen molar-refractivity contribution in [3.05, 3.63) is 35.6 Å². The van der Waals surface area contributed by atoms with Crippen LogP contribution in [0.15, 0.2) is 24.3 Å². The smallest absolute Gasteiger partial charge is 0.221 e. The minimum atomic E-state index is -1.01. The number of nitrogens with one attached hydrogen (secondary N) is 2. The summed E-state index contributed by atoms with van der Waals surface area (Å²) in [5, 5.41) is 15.7. The van der Waals surface area contributed by atoms with Crippen LogP contribution in [0, 0.1) is 5.82 Å². The molecule has 1 aromatic rings. The van der Waals surface area contributed by atoms with E-state index < -0.39 is 11.9 Å². The molecule has 5 heteroatoms. The molecule has 0 saturated carbocycles. The Morgan fingerprint density at radius 1 is 1.53 bits per heavy atom. The summed E-state index contributed by atoms with van der Waals surface area (Å²) in [6, 6.07) is 6.26. The number of benzene rings is 1. The molecule has 0 aromatic heterocycles. The molecule has 4 nitrogen and oxygen atoms in total. The average molecular weight is 266 g/mol. The molecular formula is C14H19FN2O2. The molecule has 3 N–H and O–H groups in total. The highest BCUT2D eigenvalue weighted by Gasteiger charge is 2.18. The topological polar surface area (TPSA) is 61.4 Å². The van der Waals surface area contributed by atoms with Gasteiger partial charge in [-0.15, -0.1) is 0 Å². The van der Waals surface area contributed by atoms with E-state index in [9.17, 15) is 14.3 Å². The fourth-order valence-corrected chi connectivity index (χ4v) is 2.29. The summed E-state index contributed by atoms with van der Waals surface area (Å²) in [6.07, 6.45) is 1.49. The number of amides is 1. The Balaban J connectivity index is 1.78. The number of rotatable bonds is 5. The third-order valence-electron chi connectivity index (χ3n) is 3.35. The first-order valence-corrected chi connectivity index (χ1v) is 6.59. The van der Waals surface area contributed by atoms with Gasteiger partial charge in [-0.25, -0.2) is 4.39 Å². The Morgan fingerprint density at radius 3 is 3.00 bits per heavy atom. The maximum atomic E-state index is 13.4. The van der Waals surface area contributed by atoms with Gasteiger partial charge in [0, 0.05) is 24.6 Å². The number of hydrogen-bond donors (Lipinski definition) is 3. The number of aliphatic hydroxyl groups excluding tert-OH is 1. The summed E-state index contributed by atoms with van der Waals surface area (Å²) < 4.78 is 13.4. The molecular weight excluding hydrogens is 247 g/mol. The van der Waals surface area contributed by atoms with E-state index >= 15 is 0 Å². The van der Waals surface area contributed by atoms with Crippen LogP contribution in [0.4, 0.5) is 4.39 Å². The van der Waals surface area contributed by atoms with Crippen LogP contribution in [0.25, 0.3) is 0 Å². The number of aliphatic hydroxyl groups is 1. The quantitative estimate of drug-likeness (QED) is 0.748. The zero-order valence-corrected chi connectivity index (χ0v) is 10.7. The summed E-state index contributed by atoms with van der Waals surface area (Å²) in [7, 11) is 0. The number of hydrogen-bond acceptors (Lipinski definition) is 3. The van der Waals surface area contributed by atoms with Crippen molar-refractivity contribution in [2.75, 3.05) is 13.1 Å². The van der Waals surface area contributed by atoms with E-state index in [2.05, 4.69) is 10.6 Å². The highest BCUT2D eigenvalue weighted by molar-refractivity contribution is 5.76. The van der Waals surface area contributed by atoms with E-state index in [1.54, 1.807) is 12.1 Å².